The molecule has 0 bridgehead atoms. The van der Waals surface area contributed by atoms with Crippen molar-refractivity contribution in [2.45, 2.75) is 20.8 Å². The number of aliphatic carboxylic acids is 1. The number of anilines is 2. The molecule has 0 aliphatic carbocycles. The van der Waals surface area contributed by atoms with E-state index in [0.29, 0.717) is 25.4 Å². The van der Waals surface area contributed by atoms with Gasteiger partial charge in [0.1, 0.15) is 5.75 Å². The zero-order valence-corrected chi connectivity index (χ0v) is 13.2. The Kier molecular flexibility index (Phi) is 4.90. The molecular weight excluding hydrogens is 284 g/mol. The number of likely N-dealkylation sites (N-methyl/N-ethyl adjacent to an activating group) is 1. The van der Waals surface area contributed by atoms with Gasteiger partial charge in [-0.1, -0.05) is 6.92 Å². The maximum atomic E-state index is 11.9. The van der Waals surface area contributed by atoms with Crippen LogP contribution in [0.4, 0.5) is 11.4 Å². The van der Waals surface area contributed by atoms with E-state index in [-0.39, 0.29) is 12.5 Å². The van der Waals surface area contributed by atoms with Gasteiger partial charge >= 0.3 is 5.97 Å². The van der Waals surface area contributed by atoms with Crippen LogP contribution in [0.3, 0.4) is 0 Å². The second-order valence-corrected chi connectivity index (χ2v) is 5.36. The standard InChI is InChI=1S/C16H22N2O4/c1-4-17(9-11(3)16(20)21)12-6-7-14-13(8-12)18(5-2)15(19)10-22-14/h6-8,11H,4-5,9-10H2,1-3H3,(H,20,21). The van der Waals surface area contributed by atoms with Crippen molar-refractivity contribution in [2.24, 2.45) is 5.92 Å². The molecular formula is C16H22N2O4. The minimum absolute atomic E-state index is 0.0610. The Morgan fingerprint density at radius 2 is 2.18 bits per heavy atom. The highest BCUT2D eigenvalue weighted by Gasteiger charge is 2.25. The smallest absolute Gasteiger partial charge is 0.308 e. The molecule has 0 aromatic heterocycles. The van der Waals surface area contributed by atoms with Crippen molar-refractivity contribution in [3.05, 3.63) is 18.2 Å². The molecule has 6 nitrogen and oxygen atoms in total. The average Bonchev–Trinajstić information content (AvgIpc) is 2.51. The lowest BCUT2D eigenvalue weighted by molar-refractivity contribution is -0.140. The van der Waals surface area contributed by atoms with Gasteiger partial charge in [-0.15, -0.1) is 0 Å². The van der Waals surface area contributed by atoms with E-state index in [1.165, 1.54) is 0 Å². The maximum Gasteiger partial charge on any atom is 0.308 e. The third kappa shape index (κ3) is 3.16. The van der Waals surface area contributed by atoms with Crippen molar-refractivity contribution in [2.75, 3.05) is 36.0 Å². The van der Waals surface area contributed by atoms with E-state index in [1.807, 2.05) is 36.9 Å². The Hall–Kier alpha value is -2.24. The van der Waals surface area contributed by atoms with Crippen molar-refractivity contribution < 1.29 is 19.4 Å². The van der Waals surface area contributed by atoms with E-state index in [0.717, 1.165) is 11.4 Å². The number of carbonyl (C=O) groups is 2. The first-order valence-corrected chi connectivity index (χ1v) is 7.52. The molecule has 2 rings (SSSR count). The summed E-state index contributed by atoms with van der Waals surface area (Å²) in [6, 6.07) is 5.64. The fourth-order valence-electron chi connectivity index (χ4n) is 2.56. The molecule has 1 atom stereocenters. The first-order valence-electron chi connectivity index (χ1n) is 7.52. The summed E-state index contributed by atoms with van der Waals surface area (Å²) in [6.45, 7) is 7.35. The van der Waals surface area contributed by atoms with Crippen LogP contribution in [0.5, 0.6) is 5.75 Å². The summed E-state index contributed by atoms with van der Waals surface area (Å²) < 4.78 is 5.45. The Bertz CT molecular complexity index is 573. The zero-order valence-electron chi connectivity index (χ0n) is 13.2. The molecule has 0 saturated heterocycles. The van der Waals surface area contributed by atoms with E-state index in [9.17, 15) is 9.59 Å². The molecule has 1 aliphatic heterocycles. The van der Waals surface area contributed by atoms with Gasteiger partial charge in [-0.3, -0.25) is 9.59 Å². The molecule has 0 fully saturated rings. The van der Waals surface area contributed by atoms with E-state index in [2.05, 4.69) is 0 Å². The molecule has 6 heteroatoms. The summed E-state index contributed by atoms with van der Waals surface area (Å²) in [6.07, 6.45) is 0. The van der Waals surface area contributed by atoms with Crippen LogP contribution >= 0.6 is 0 Å². The van der Waals surface area contributed by atoms with Crippen LogP contribution in [-0.2, 0) is 9.59 Å². The topological polar surface area (TPSA) is 70.1 Å². The number of ether oxygens (including phenoxy) is 1. The monoisotopic (exact) mass is 306 g/mol. The highest BCUT2D eigenvalue weighted by Crippen LogP contribution is 2.35. The minimum atomic E-state index is -0.815. The Balaban J connectivity index is 2.30. The van der Waals surface area contributed by atoms with Crippen LogP contribution in [0.25, 0.3) is 0 Å². The quantitative estimate of drug-likeness (QED) is 0.870. The van der Waals surface area contributed by atoms with Gasteiger partial charge in [-0.05, 0) is 32.0 Å². The Morgan fingerprint density at radius 3 is 2.77 bits per heavy atom. The molecule has 0 spiro atoms. The van der Waals surface area contributed by atoms with Crippen LogP contribution in [0.15, 0.2) is 18.2 Å². The second kappa shape index (κ2) is 6.68. The lowest BCUT2D eigenvalue weighted by Crippen LogP contribution is -2.39. The van der Waals surface area contributed by atoms with E-state index >= 15 is 0 Å². The number of amides is 1. The third-order valence-corrected chi connectivity index (χ3v) is 3.86. The lowest BCUT2D eigenvalue weighted by atomic mass is 10.1. The summed E-state index contributed by atoms with van der Waals surface area (Å²) in [4.78, 5) is 26.7. The number of hydrogen-bond donors (Lipinski definition) is 1. The number of nitrogens with zero attached hydrogens (tertiary/aromatic N) is 2. The molecule has 120 valence electrons. The van der Waals surface area contributed by atoms with E-state index in [4.69, 9.17) is 9.84 Å². The van der Waals surface area contributed by atoms with Crippen LogP contribution in [-0.4, -0.2) is 43.2 Å². The van der Waals surface area contributed by atoms with Gasteiger partial charge in [0, 0.05) is 25.3 Å². The van der Waals surface area contributed by atoms with Crippen molar-refractivity contribution in [1.29, 1.82) is 0 Å². The fourth-order valence-corrected chi connectivity index (χ4v) is 2.56. The number of carboxylic acid groups (broad SMARTS) is 1. The number of hydrogen-bond acceptors (Lipinski definition) is 4. The molecule has 1 amide bonds. The number of benzene rings is 1. The summed E-state index contributed by atoms with van der Waals surface area (Å²) in [5.74, 6) is -0.650. The van der Waals surface area contributed by atoms with Crippen LogP contribution in [0.2, 0.25) is 0 Å². The number of carboxylic acids is 1. The van der Waals surface area contributed by atoms with Gasteiger partial charge in [0.15, 0.2) is 6.61 Å². The molecule has 1 aromatic rings. The molecule has 0 radical (unpaired) electrons. The average molecular weight is 306 g/mol. The SMILES string of the molecule is CCN(CC(C)C(=O)O)c1ccc2c(c1)N(CC)C(=O)CO2. The van der Waals surface area contributed by atoms with E-state index in [1.54, 1.807) is 11.8 Å². The number of rotatable bonds is 6. The second-order valence-electron chi connectivity index (χ2n) is 5.36. The minimum Gasteiger partial charge on any atom is -0.482 e. The molecule has 1 aliphatic rings. The molecule has 1 N–H and O–H groups in total. The maximum absolute atomic E-state index is 11.9. The van der Waals surface area contributed by atoms with Crippen LogP contribution in [0, 0.1) is 5.92 Å². The number of carbonyl (C=O) groups excluding carboxylic acids is 1. The van der Waals surface area contributed by atoms with Crippen molar-refractivity contribution in [3.8, 4) is 5.75 Å². The molecule has 0 saturated carbocycles. The summed E-state index contributed by atoms with van der Waals surface area (Å²) in [5, 5.41) is 9.08. The fraction of sp³-hybridized carbons (Fsp3) is 0.500. The van der Waals surface area contributed by atoms with Gasteiger partial charge in [0.2, 0.25) is 0 Å². The summed E-state index contributed by atoms with van der Waals surface area (Å²) in [7, 11) is 0. The van der Waals surface area contributed by atoms with E-state index < -0.39 is 11.9 Å². The molecule has 1 aromatic carbocycles. The van der Waals surface area contributed by atoms with Gasteiger partial charge < -0.3 is 19.6 Å². The van der Waals surface area contributed by atoms with Crippen molar-refractivity contribution in [3.63, 3.8) is 0 Å². The predicted octanol–water partition coefficient (Wildman–Crippen LogP) is 1.98. The van der Waals surface area contributed by atoms with Gasteiger partial charge in [-0.2, -0.15) is 0 Å². The molecule has 22 heavy (non-hydrogen) atoms. The first-order chi connectivity index (χ1) is 10.5. The normalized spacial score (nSPS) is 15.0. The first kappa shape index (κ1) is 16.1. The summed E-state index contributed by atoms with van der Waals surface area (Å²) >= 11 is 0. The summed E-state index contributed by atoms with van der Waals surface area (Å²) in [5.41, 5.74) is 1.64. The Labute approximate surface area is 130 Å². The highest BCUT2D eigenvalue weighted by atomic mass is 16.5. The van der Waals surface area contributed by atoms with Crippen LogP contribution in [0.1, 0.15) is 20.8 Å². The van der Waals surface area contributed by atoms with Gasteiger partial charge in [0.25, 0.3) is 5.91 Å². The molecule has 1 heterocycles. The third-order valence-electron chi connectivity index (χ3n) is 3.86. The largest absolute Gasteiger partial charge is 0.482 e. The van der Waals surface area contributed by atoms with Crippen molar-refractivity contribution >= 4 is 23.3 Å². The lowest BCUT2D eigenvalue weighted by Gasteiger charge is -2.31. The molecule has 1 unspecified atom stereocenters. The van der Waals surface area contributed by atoms with Crippen molar-refractivity contribution in [1.82, 2.24) is 0 Å². The zero-order chi connectivity index (χ0) is 16.3. The van der Waals surface area contributed by atoms with Gasteiger partial charge in [-0.25, -0.2) is 0 Å². The highest BCUT2D eigenvalue weighted by molar-refractivity contribution is 5.98. The number of fused-ring (bicyclic) bond motifs is 1. The van der Waals surface area contributed by atoms with Crippen LogP contribution < -0.4 is 14.5 Å². The predicted molar refractivity (Wildman–Crippen MR) is 84.7 cm³/mol. The van der Waals surface area contributed by atoms with Gasteiger partial charge in [0.05, 0.1) is 11.6 Å². The Morgan fingerprint density at radius 1 is 1.45 bits per heavy atom.